The molecule has 0 aliphatic carbocycles. The average Bonchev–Trinajstić information content (AvgIpc) is 2.46. The lowest BCUT2D eigenvalue weighted by Crippen LogP contribution is -1.94. The van der Waals surface area contributed by atoms with Crippen LogP contribution in [0.15, 0.2) is 18.5 Å². The maximum Gasteiger partial charge on any atom is 0.337 e. The van der Waals surface area contributed by atoms with Crippen molar-refractivity contribution in [2.45, 2.75) is 0 Å². The summed E-state index contributed by atoms with van der Waals surface area (Å²) in [5, 5.41) is 9.11. The van der Waals surface area contributed by atoms with Gasteiger partial charge in [0.05, 0.1) is 11.1 Å². The Labute approximate surface area is 72.0 Å². The summed E-state index contributed by atoms with van der Waals surface area (Å²) >= 11 is 0. The van der Waals surface area contributed by atoms with Gasteiger partial charge in [-0.05, 0) is 0 Å². The number of fused-ring (bicyclic) bond motifs is 1. The summed E-state index contributed by atoms with van der Waals surface area (Å²) in [5.74, 6) is -1.69. The molecule has 2 aromatic rings. The molecule has 2 aromatic heterocycles. The summed E-state index contributed by atoms with van der Waals surface area (Å²) in [5.41, 5.74) is 0.535. The summed E-state index contributed by atoms with van der Waals surface area (Å²) in [6.45, 7) is 0. The van der Waals surface area contributed by atoms with Gasteiger partial charge < -0.3 is 10.1 Å². The standard InChI is InChI=1S/C8H5FN2O2/c9-7-1-6-4(2-11-7)5(3-10-6)8(12)13/h1-3,10H,(H,12,13). The third-order valence-electron chi connectivity index (χ3n) is 1.76. The molecule has 13 heavy (non-hydrogen) atoms. The van der Waals surface area contributed by atoms with Gasteiger partial charge in [0.1, 0.15) is 0 Å². The van der Waals surface area contributed by atoms with Gasteiger partial charge in [0, 0.05) is 23.8 Å². The van der Waals surface area contributed by atoms with Gasteiger partial charge in [-0.1, -0.05) is 0 Å². The molecule has 66 valence electrons. The minimum absolute atomic E-state index is 0.0995. The molecule has 2 N–H and O–H groups in total. The van der Waals surface area contributed by atoms with Crippen molar-refractivity contribution in [3.8, 4) is 0 Å². The molecule has 0 spiro atoms. The van der Waals surface area contributed by atoms with E-state index in [1.54, 1.807) is 0 Å². The predicted molar refractivity (Wildman–Crippen MR) is 43.0 cm³/mol. The number of nitrogens with one attached hydrogen (secondary N) is 1. The van der Waals surface area contributed by atoms with Crippen LogP contribution in [0.1, 0.15) is 10.4 Å². The van der Waals surface area contributed by atoms with E-state index in [9.17, 15) is 9.18 Å². The van der Waals surface area contributed by atoms with E-state index < -0.39 is 11.9 Å². The molecular formula is C8H5FN2O2. The lowest BCUT2D eigenvalue weighted by atomic mass is 10.2. The molecule has 0 aromatic carbocycles. The van der Waals surface area contributed by atoms with Crippen LogP contribution in [0.25, 0.3) is 10.9 Å². The predicted octanol–water partition coefficient (Wildman–Crippen LogP) is 1.40. The monoisotopic (exact) mass is 180 g/mol. The number of hydrogen-bond acceptors (Lipinski definition) is 2. The van der Waals surface area contributed by atoms with Crippen LogP contribution in [0.2, 0.25) is 0 Å². The van der Waals surface area contributed by atoms with Crippen LogP contribution in [-0.4, -0.2) is 21.0 Å². The van der Waals surface area contributed by atoms with Crippen molar-refractivity contribution in [1.82, 2.24) is 9.97 Å². The molecule has 0 fully saturated rings. The van der Waals surface area contributed by atoms with E-state index in [1.165, 1.54) is 12.4 Å². The number of aromatic carboxylic acids is 1. The molecule has 0 bridgehead atoms. The van der Waals surface area contributed by atoms with E-state index in [1.807, 2.05) is 0 Å². The fraction of sp³-hybridized carbons (Fsp3) is 0. The molecular weight excluding hydrogens is 175 g/mol. The molecule has 2 rings (SSSR count). The smallest absolute Gasteiger partial charge is 0.337 e. The molecule has 5 heteroatoms. The minimum Gasteiger partial charge on any atom is -0.478 e. The highest BCUT2D eigenvalue weighted by molar-refractivity contribution is 6.02. The molecule has 0 aliphatic rings. The van der Waals surface area contributed by atoms with Crippen LogP contribution in [0.3, 0.4) is 0 Å². The second kappa shape index (κ2) is 2.55. The van der Waals surface area contributed by atoms with E-state index >= 15 is 0 Å². The average molecular weight is 180 g/mol. The Morgan fingerprint density at radius 2 is 2.38 bits per heavy atom. The van der Waals surface area contributed by atoms with Crippen LogP contribution in [0.5, 0.6) is 0 Å². The molecule has 0 saturated heterocycles. The number of aromatic amines is 1. The first kappa shape index (κ1) is 7.72. The number of rotatable bonds is 1. The zero-order valence-electron chi connectivity index (χ0n) is 6.41. The molecule has 0 amide bonds. The van der Waals surface area contributed by atoms with Crippen LogP contribution in [-0.2, 0) is 0 Å². The van der Waals surface area contributed by atoms with Crippen molar-refractivity contribution in [2.24, 2.45) is 0 Å². The Balaban J connectivity index is 2.76. The fourth-order valence-electron chi connectivity index (χ4n) is 1.17. The first-order valence-electron chi connectivity index (χ1n) is 3.54. The lowest BCUT2D eigenvalue weighted by molar-refractivity contribution is 0.0699. The molecule has 4 nitrogen and oxygen atoms in total. The largest absolute Gasteiger partial charge is 0.478 e. The number of carboxylic acids is 1. The van der Waals surface area contributed by atoms with Gasteiger partial charge in [-0.3, -0.25) is 0 Å². The maximum absolute atomic E-state index is 12.6. The molecule has 0 radical (unpaired) electrons. The topological polar surface area (TPSA) is 66.0 Å². The SMILES string of the molecule is O=C(O)c1c[nH]c2cc(F)ncc12. The number of carboxylic acid groups (broad SMARTS) is 1. The zero-order valence-corrected chi connectivity index (χ0v) is 6.41. The van der Waals surface area contributed by atoms with Crippen LogP contribution >= 0.6 is 0 Å². The summed E-state index contributed by atoms with van der Waals surface area (Å²) in [6, 6.07) is 1.15. The molecule has 2 heterocycles. The highest BCUT2D eigenvalue weighted by Gasteiger charge is 2.10. The van der Waals surface area contributed by atoms with Crippen LogP contribution < -0.4 is 0 Å². The molecule has 0 aliphatic heterocycles. The van der Waals surface area contributed by atoms with Crippen LogP contribution in [0, 0.1) is 5.95 Å². The van der Waals surface area contributed by atoms with Gasteiger partial charge in [-0.2, -0.15) is 4.39 Å². The summed E-state index contributed by atoms with van der Waals surface area (Å²) < 4.78 is 12.6. The first-order valence-corrected chi connectivity index (χ1v) is 3.54. The Morgan fingerprint density at radius 1 is 1.62 bits per heavy atom. The quantitative estimate of drug-likeness (QED) is 0.652. The van der Waals surface area contributed by atoms with Crippen molar-refractivity contribution >= 4 is 16.9 Å². The van der Waals surface area contributed by atoms with Gasteiger partial charge in [-0.25, -0.2) is 9.78 Å². The fourth-order valence-corrected chi connectivity index (χ4v) is 1.17. The van der Waals surface area contributed by atoms with Crippen molar-refractivity contribution in [2.75, 3.05) is 0 Å². The first-order chi connectivity index (χ1) is 6.18. The van der Waals surface area contributed by atoms with Gasteiger partial charge in [-0.15, -0.1) is 0 Å². The third kappa shape index (κ3) is 1.14. The van der Waals surface area contributed by atoms with Crippen molar-refractivity contribution in [3.05, 3.63) is 30.0 Å². The number of halogens is 1. The second-order valence-corrected chi connectivity index (χ2v) is 2.56. The van der Waals surface area contributed by atoms with Crippen molar-refractivity contribution in [1.29, 1.82) is 0 Å². The number of H-pyrrole nitrogens is 1. The number of pyridine rings is 1. The van der Waals surface area contributed by atoms with Gasteiger partial charge in [0.25, 0.3) is 0 Å². The summed E-state index contributed by atoms with van der Waals surface area (Å²) in [7, 11) is 0. The minimum atomic E-state index is -1.06. The Bertz CT molecular complexity index is 478. The second-order valence-electron chi connectivity index (χ2n) is 2.56. The number of nitrogens with zero attached hydrogens (tertiary/aromatic N) is 1. The maximum atomic E-state index is 12.6. The van der Waals surface area contributed by atoms with E-state index in [2.05, 4.69) is 9.97 Å². The van der Waals surface area contributed by atoms with Crippen LogP contribution in [0.4, 0.5) is 4.39 Å². The van der Waals surface area contributed by atoms with E-state index in [-0.39, 0.29) is 5.56 Å². The third-order valence-corrected chi connectivity index (χ3v) is 1.76. The van der Waals surface area contributed by atoms with E-state index in [4.69, 9.17) is 5.11 Å². The zero-order chi connectivity index (χ0) is 9.42. The molecule has 0 atom stereocenters. The van der Waals surface area contributed by atoms with E-state index in [0.29, 0.717) is 10.9 Å². The van der Waals surface area contributed by atoms with Gasteiger partial charge >= 0.3 is 5.97 Å². The number of hydrogen-bond donors (Lipinski definition) is 2. The lowest BCUT2D eigenvalue weighted by Gasteiger charge is -1.90. The summed E-state index contributed by atoms with van der Waals surface area (Å²) in [4.78, 5) is 16.6. The highest BCUT2D eigenvalue weighted by Crippen LogP contribution is 2.17. The Morgan fingerprint density at radius 3 is 3.08 bits per heavy atom. The highest BCUT2D eigenvalue weighted by atomic mass is 19.1. The number of carbonyl (C=O) groups is 1. The Hall–Kier alpha value is -1.91. The van der Waals surface area contributed by atoms with Gasteiger partial charge in [0.2, 0.25) is 5.95 Å². The summed E-state index contributed by atoms with van der Waals surface area (Å²) in [6.07, 6.45) is 2.51. The van der Waals surface area contributed by atoms with Crippen molar-refractivity contribution < 1.29 is 14.3 Å². The van der Waals surface area contributed by atoms with Crippen molar-refractivity contribution in [3.63, 3.8) is 0 Å². The van der Waals surface area contributed by atoms with Gasteiger partial charge in [0.15, 0.2) is 0 Å². The normalized spacial score (nSPS) is 10.5. The molecule has 0 saturated carbocycles. The van der Waals surface area contributed by atoms with E-state index in [0.717, 1.165) is 6.07 Å². The molecule has 0 unspecified atom stereocenters. The Kier molecular flexibility index (Phi) is 1.51. The number of aromatic nitrogens is 2.